The standard InChI is InChI=1S/C27H29F2N7O5S2/c1-16-12-24(33-32-16)35-14-22(41-2)26(34-10-8-18(30)9-11-34)31-27(35)42-23-7-6-19(13-20(23)28)43(39,40)15-17-4-3-5-21(25(17)29)36(37)38/h3-7,12-13,18H,8-11,14-15,30H2,1-2H3,(H,32,33). The summed E-state index contributed by atoms with van der Waals surface area (Å²) in [5.74, 6) is -1.20. The highest BCUT2D eigenvalue weighted by molar-refractivity contribution is 8.14. The first-order chi connectivity index (χ1) is 20.5. The number of piperidine rings is 1. The van der Waals surface area contributed by atoms with Crippen LogP contribution >= 0.6 is 11.8 Å². The number of nitro benzene ring substituents is 1. The molecule has 2 aromatic carbocycles. The number of anilines is 1. The van der Waals surface area contributed by atoms with Gasteiger partial charge in [0.15, 0.2) is 32.4 Å². The Morgan fingerprint density at radius 2 is 1.95 bits per heavy atom. The van der Waals surface area contributed by atoms with Crippen LogP contribution in [0.1, 0.15) is 24.1 Å². The molecule has 5 rings (SSSR count). The van der Waals surface area contributed by atoms with Gasteiger partial charge in [-0.25, -0.2) is 17.8 Å². The van der Waals surface area contributed by atoms with Crippen LogP contribution in [0.3, 0.4) is 0 Å². The SMILES string of the molecule is COC1=C(N2CCC(N)CC2)N=C(Sc2ccc(S(=O)(=O)Cc3cccc([N+](=O)[O-])c3F)cc2F)N(c2cc(C)[nH]n2)C1. The van der Waals surface area contributed by atoms with Crippen molar-refractivity contribution >= 4 is 38.3 Å². The lowest BCUT2D eigenvalue weighted by molar-refractivity contribution is -0.387. The van der Waals surface area contributed by atoms with Gasteiger partial charge < -0.3 is 15.4 Å². The number of ether oxygens (including phenoxy) is 1. The highest BCUT2D eigenvalue weighted by atomic mass is 32.2. The molecule has 1 saturated heterocycles. The summed E-state index contributed by atoms with van der Waals surface area (Å²) in [5, 5.41) is 18.7. The van der Waals surface area contributed by atoms with Crippen molar-refractivity contribution in [1.29, 1.82) is 0 Å². The molecule has 0 spiro atoms. The number of hydrogen-bond donors (Lipinski definition) is 2. The second kappa shape index (κ2) is 12.3. The minimum atomic E-state index is -4.25. The molecule has 16 heteroatoms. The number of likely N-dealkylation sites (tertiary alicyclic amines) is 1. The van der Waals surface area contributed by atoms with E-state index in [9.17, 15) is 22.9 Å². The molecule has 228 valence electrons. The highest BCUT2D eigenvalue weighted by Crippen LogP contribution is 2.35. The molecule has 0 unspecified atom stereocenters. The average Bonchev–Trinajstić information content (AvgIpc) is 3.41. The first-order valence-corrected chi connectivity index (χ1v) is 15.7. The number of aromatic amines is 1. The average molecular weight is 634 g/mol. The van der Waals surface area contributed by atoms with Crippen molar-refractivity contribution < 1.29 is 26.9 Å². The van der Waals surface area contributed by atoms with E-state index in [1.165, 1.54) is 18.2 Å². The Hall–Kier alpha value is -4.02. The molecule has 0 amide bonds. The summed E-state index contributed by atoms with van der Waals surface area (Å²) in [5.41, 5.74) is 5.67. The van der Waals surface area contributed by atoms with Crippen LogP contribution in [0.4, 0.5) is 20.3 Å². The zero-order valence-electron chi connectivity index (χ0n) is 23.3. The Morgan fingerprint density at radius 3 is 2.58 bits per heavy atom. The molecule has 0 bridgehead atoms. The fraction of sp³-hybridized carbons (Fsp3) is 0.333. The number of hydrogen-bond acceptors (Lipinski definition) is 11. The van der Waals surface area contributed by atoms with Gasteiger partial charge >= 0.3 is 5.69 Å². The van der Waals surface area contributed by atoms with E-state index in [-0.39, 0.29) is 23.0 Å². The number of nitrogens with two attached hydrogens (primary N) is 1. The summed E-state index contributed by atoms with van der Waals surface area (Å²) in [7, 11) is -2.69. The molecule has 0 atom stereocenters. The van der Waals surface area contributed by atoms with Gasteiger partial charge in [0.1, 0.15) is 5.82 Å². The van der Waals surface area contributed by atoms with Gasteiger partial charge in [-0.15, -0.1) is 0 Å². The number of rotatable bonds is 8. The monoisotopic (exact) mass is 633 g/mol. The minimum Gasteiger partial charge on any atom is -0.495 e. The van der Waals surface area contributed by atoms with E-state index >= 15 is 4.39 Å². The number of aryl methyl sites for hydroxylation is 1. The van der Waals surface area contributed by atoms with Gasteiger partial charge in [0.25, 0.3) is 0 Å². The zero-order valence-corrected chi connectivity index (χ0v) is 24.9. The number of thioether (sulfide) groups is 1. The normalized spacial score (nSPS) is 16.4. The van der Waals surface area contributed by atoms with Crippen LogP contribution in [0.2, 0.25) is 0 Å². The van der Waals surface area contributed by atoms with Gasteiger partial charge in [-0.2, -0.15) is 9.49 Å². The first kappa shape index (κ1) is 30.4. The van der Waals surface area contributed by atoms with E-state index in [0.29, 0.717) is 35.7 Å². The smallest absolute Gasteiger partial charge is 0.305 e. The van der Waals surface area contributed by atoms with E-state index in [1.54, 1.807) is 12.0 Å². The molecule has 1 aromatic heterocycles. The van der Waals surface area contributed by atoms with Crippen molar-refractivity contribution in [2.75, 3.05) is 31.6 Å². The van der Waals surface area contributed by atoms with Crippen molar-refractivity contribution in [2.24, 2.45) is 10.7 Å². The van der Waals surface area contributed by atoms with Crippen molar-refractivity contribution in [3.8, 4) is 0 Å². The Labute approximate surface area is 250 Å². The van der Waals surface area contributed by atoms with Gasteiger partial charge in [-0.1, -0.05) is 12.1 Å². The van der Waals surface area contributed by atoms with Crippen LogP contribution in [-0.4, -0.2) is 66.4 Å². The van der Waals surface area contributed by atoms with E-state index in [1.807, 2.05) is 13.0 Å². The summed E-state index contributed by atoms with van der Waals surface area (Å²) < 4.78 is 61.9. The number of sulfone groups is 1. The third-order valence-corrected chi connectivity index (χ3v) is 9.81. The van der Waals surface area contributed by atoms with Gasteiger partial charge in [-0.3, -0.25) is 20.1 Å². The Kier molecular flexibility index (Phi) is 8.71. The highest BCUT2D eigenvalue weighted by Gasteiger charge is 2.31. The number of nitrogens with zero attached hydrogens (tertiary/aromatic N) is 5. The zero-order chi connectivity index (χ0) is 30.9. The number of benzene rings is 2. The number of aromatic nitrogens is 2. The number of nitrogens with one attached hydrogen (secondary N) is 1. The van der Waals surface area contributed by atoms with Crippen molar-refractivity contribution in [3.63, 3.8) is 0 Å². The van der Waals surface area contributed by atoms with Crippen molar-refractivity contribution in [1.82, 2.24) is 15.1 Å². The van der Waals surface area contributed by atoms with Crippen LogP contribution in [0.5, 0.6) is 0 Å². The summed E-state index contributed by atoms with van der Waals surface area (Å²) >= 11 is 0.991. The fourth-order valence-electron chi connectivity index (χ4n) is 4.77. The maximum absolute atomic E-state index is 15.5. The lowest BCUT2D eigenvalue weighted by Gasteiger charge is -2.36. The summed E-state index contributed by atoms with van der Waals surface area (Å²) in [6, 6.07) is 8.56. The van der Waals surface area contributed by atoms with Crippen molar-refractivity contribution in [3.05, 3.63) is 87.1 Å². The van der Waals surface area contributed by atoms with E-state index in [4.69, 9.17) is 15.5 Å². The number of amidine groups is 1. The van der Waals surface area contributed by atoms with Gasteiger partial charge in [0.05, 0.1) is 34.1 Å². The summed E-state index contributed by atoms with van der Waals surface area (Å²) in [4.78, 5) is 18.5. The maximum Gasteiger partial charge on any atom is 0.305 e. The molecular formula is C27H29F2N7O5S2. The molecule has 3 N–H and O–H groups in total. The molecule has 3 heterocycles. The number of aliphatic imine (C=N–C) groups is 1. The quantitative estimate of drug-likeness (QED) is 0.273. The Bertz CT molecular complexity index is 1720. The van der Waals surface area contributed by atoms with Gasteiger partial charge in [0.2, 0.25) is 5.82 Å². The van der Waals surface area contributed by atoms with Gasteiger partial charge in [-0.05, 0) is 49.7 Å². The first-order valence-electron chi connectivity index (χ1n) is 13.2. The lowest BCUT2D eigenvalue weighted by atomic mass is 10.1. The van der Waals surface area contributed by atoms with Crippen LogP contribution < -0.4 is 10.6 Å². The van der Waals surface area contributed by atoms with E-state index in [0.717, 1.165) is 48.5 Å². The van der Waals surface area contributed by atoms with Gasteiger partial charge in [0, 0.05) is 42.5 Å². The Balaban J connectivity index is 1.45. The molecule has 2 aliphatic rings. The fourth-order valence-corrected chi connectivity index (χ4v) is 7.02. The van der Waals surface area contributed by atoms with Crippen LogP contribution in [0.15, 0.2) is 68.8 Å². The van der Waals surface area contributed by atoms with Crippen LogP contribution in [0.25, 0.3) is 0 Å². The molecule has 0 aliphatic carbocycles. The third kappa shape index (κ3) is 6.50. The number of methoxy groups -OCH3 is 1. The summed E-state index contributed by atoms with van der Waals surface area (Å²) in [6.45, 7) is 3.47. The molecule has 2 aliphatic heterocycles. The molecule has 0 saturated carbocycles. The largest absolute Gasteiger partial charge is 0.495 e. The van der Waals surface area contributed by atoms with E-state index in [2.05, 4.69) is 15.1 Å². The second-order valence-electron chi connectivity index (χ2n) is 10.1. The topological polar surface area (TPSA) is 160 Å². The molecule has 1 fully saturated rings. The number of halogens is 2. The lowest BCUT2D eigenvalue weighted by Crippen LogP contribution is -2.43. The van der Waals surface area contributed by atoms with E-state index < -0.39 is 42.7 Å². The number of nitro groups is 1. The number of H-pyrrole nitrogens is 1. The maximum atomic E-state index is 15.5. The van der Waals surface area contributed by atoms with Crippen LogP contribution in [0, 0.1) is 28.7 Å². The third-order valence-electron chi connectivity index (χ3n) is 7.10. The molecule has 0 radical (unpaired) electrons. The predicted octanol–water partition coefficient (Wildman–Crippen LogP) is 4.09. The van der Waals surface area contributed by atoms with Crippen molar-refractivity contribution in [2.45, 2.75) is 41.4 Å². The second-order valence-corrected chi connectivity index (χ2v) is 13.1. The minimum absolute atomic E-state index is 0.0948. The molecular weight excluding hydrogens is 604 g/mol. The van der Waals surface area contributed by atoms with Crippen LogP contribution in [-0.2, 0) is 20.3 Å². The predicted molar refractivity (Wildman–Crippen MR) is 157 cm³/mol. The summed E-state index contributed by atoms with van der Waals surface area (Å²) in [6.07, 6.45) is 1.57. The molecule has 3 aromatic rings. The molecule has 12 nitrogen and oxygen atoms in total. The molecule has 43 heavy (non-hydrogen) atoms. The Morgan fingerprint density at radius 1 is 1.21 bits per heavy atom.